The van der Waals surface area contributed by atoms with E-state index in [1.165, 1.54) is 23.7 Å². The Hall–Kier alpha value is -1.99. The molecule has 3 rings (SSSR count). The zero-order valence-corrected chi connectivity index (χ0v) is 13.2. The molecule has 0 bridgehead atoms. The molecule has 2 heterocycles. The molecule has 0 fully saturated rings. The van der Waals surface area contributed by atoms with Crippen LogP contribution in [0.3, 0.4) is 0 Å². The number of carbonyl (C=O) groups is 1. The Morgan fingerprint density at radius 1 is 1.38 bits per heavy atom. The largest absolute Gasteiger partial charge is 0.478 e. The molecule has 0 atom stereocenters. The summed E-state index contributed by atoms with van der Waals surface area (Å²) in [5, 5.41) is 11.2. The Labute approximate surface area is 132 Å². The van der Waals surface area contributed by atoms with E-state index in [-0.39, 0.29) is 11.3 Å². The number of benzene rings is 1. The van der Waals surface area contributed by atoms with Crippen molar-refractivity contribution in [2.45, 2.75) is 6.92 Å². The average Bonchev–Trinajstić information content (AvgIpc) is 2.83. The van der Waals surface area contributed by atoms with Gasteiger partial charge in [-0.25, -0.2) is 14.8 Å². The highest BCUT2D eigenvalue weighted by Crippen LogP contribution is 2.34. The number of rotatable bonds is 3. The number of aryl methyl sites for hydroxylation is 1. The summed E-state index contributed by atoms with van der Waals surface area (Å²) in [5.74, 6) is -0.446. The van der Waals surface area contributed by atoms with E-state index in [9.17, 15) is 9.90 Å². The molecule has 0 saturated carbocycles. The second-order valence-corrected chi connectivity index (χ2v) is 6.12. The minimum Gasteiger partial charge on any atom is -0.478 e. The molecule has 1 N–H and O–H groups in total. The van der Waals surface area contributed by atoms with Crippen molar-refractivity contribution in [3.05, 3.63) is 45.5 Å². The smallest absolute Gasteiger partial charge is 0.339 e. The van der Waals surface area contributed by atoms with Crippen LogP contribution in [0.4, 0.5) is 0 Å². The number of aromatic nitrogens is 2. The number of carboxylic acids is 1. The molecule has 106 valence electrons. The van der Waals surface area contributed by atoms with Gasteiger partial charge in [-0.05, 0) is 36.1 Å². The highest BCUT2D eigenvalue weighted by Gasteiger charge is 2.16. The van der Waals surface area contributed by atoms with Crippen LogP contribution < -0.4 is 4.74 Å². The van der Waals surface area contributed by atoms with E-state index in [2.05, 4.69) is 25.9 Å². The fourth-order valence-electron chi connectivity index (χ4n) is 1.88. The molecular formula is C14H9BrN2O3S. The van der Waals surface area contributed by atoms with Crippen LogP contribution in [0.15, 0.2) is 34.4 Å². The van der Waals surface area contributed by atoms with Crippen molar-refractivity contribution in [2.75, 3.05) is 0 Å². The topological polar surface area (TPSA) is 72.3 Å². The number of hydrogen-bond acceptors (Lipinski definition) is 5. The van der Waals surface area contributed by atoms with Gasteiger partial charge in [-0.15, -0.1) is 11.3 Å². The van der Waals surface area contributed by atoms with Gasteiger partial charge in [0.15, 0.2) is 0 Å². The summed E-state index contributed by atoms with van der Waals surface area (Å²) in [4.78, 5) is 19.6. The minimum atomic E-state index is -1.06. The van der Waals surface area contributed by atoms with Crippen LogP contribution in [0.1, 0.15) is 15.9 Å². The molecule has 0 aliphatic heterocycles. The third-order valence-electron chi connectivity index (χ3n) is 2.88. The van der Waals surface area contributed by atoms with Gasteiger partial charge in [-0.2, -0.15) is 0 Å². The zero-order valence-electron chi connectivity index (χ0n) is 10.8. The number of aromatic carboxylic acids is 1. The molecule has 0 unspecified atom stereocenters. The van der Waals surface area contributed by atoms with Crippen molar-refractivity contribution in [1.82, 2.24) is 9.97 Å². The predicted molar refractivity (Wildman–Crippen MR) is 83.3 cm³/mol. The van der Waals surface area contributed by atoms with E-state index in [1.54, 1.807) is 12.1 Å². The van der Waals surface area contributed by atoms with Crippen molar-refractivity contribution in [3.8, 4) is 11.6 Å². The number of thiophene rings is 1. The maximum atomic E-state index is 11.3. The second-order valence-electron chi connectivity index (χ2n) is 4.32. The third kappa shape index (κ3) is 2.62. The van der Waals surface area contributed by atoms with Crippen molar-refractivity contribution < 1.29 is 14.6 Å². The van der Waals surface area contributed by atoms with Gasteiger partial charge in [0.05, 0.1) is 5.52 Å². The predicted octanol–water partition coefficient (Wildman–Crippen LogP) is 4.25. The number of fused-ring (bicyclic) bond motifs is 1. The lowest BCUT2D eigenvalue weighted by Crippen LogP contribution is -2.01. The van der Waals surface area contributed by atoms with E-state index in [1.807, 2.05) is 12.3 Å². The Morgan fingerprint density at radius 3 is 2.95 bits per heavy atom. The highest BCUT2D eigenvalue weighted by atomic mass is 79.9. The van der Waals surface area contributed by atoms with Gasteiger partial charge in [0.25, 0.3) is 0 Å². The Morgan fingerprint density at radius 2 is 2.19 bits per heavy atom. The first-order valence-electron chi connectivity index (χ1n) is 5.96. The molecule has 2 aromatic heterocycles. The van der Waals surface area contributed by atoms with Gasteiger partial charge < -0.3 is 9.84 Å². The summed E-state index contributed by atoms with van der Waals surface area (Å²) < 4.78 is 7.18. The SMILES string of the molecule is Cc1csc2c(Oc3ccc(Br)cc3C(=O)O)ncnc12. The number of carboxylic acid groups (broad SMARTS) is 1. The number of nitrogens with zero attached hydrogens (tertiary/aromatic N) is 2. The van der Waals surface area contributed by atoms with Crippen LogP contribution in [0.2, 0.25) is 0 Å². The van der Waals surface area contributed by atoms with Crippen LogP contribution in [-0.4, -0.2) is 21.0 Å². The Balaban J connectivity index is 2.09. The lowest BCUT2D eigenvalue weighted by Gasteiger charge is -2.08. The van der Waals surface area contributed by atoms with Crippen LogP contribution in [-0.2, 0) is 0 Å². The molecule has 5 nitrogen and oxygen atoms in total. The summed E-state index contributed by atoms with van der Waals surface area (Å²) in [5.41, 5.74) is 1.93. The molecule has 0 radical (unpaired) electrons. The number of halogens is 1. The first kappa shape index (κ1) is 14.0. The maximum absolute atomic E-state index is 11.3. The quantitative estimate of drug-likeness (QED) is 0.751. The molecule has 1 aromatic carbocycles. The third-order valence-corrected chi connectivity index (χ3v) is 4.45. The lowest BCUT2D eigenvalue weighted by molar-refractivity contribution is 0.0694. The number of ether oxygens (including phenoxy) is 1. The van der Waals surface area contributed by atoms with Gasteiger partial charge in [-0.3, -0.25) is 0 Å². The zero-order chi connectivity index (χ0) is 15.0. The van der Waals surface area contributed by atoms with Crippen molar-refractivity contribution in [1.29, 1.82) is 0 Å². The minimum absolute atomic E-state index is 0.0735. The molecule has 0 aliphatic rings. The van der Waals surface area contributed by atoms with Crippen LogP contribution in [0.25, 0.3) is 10.2 Å². The van der Waals surface area contributed by atoms with Crippen LogP contribution in [0, 0.1) is 6.92 Å². The van der Waals surface area contributed by atoms with Gasteiger partial charge in [0, 0.05) is 4.47 Å². The standard InChI is InChI=1S/C14H9BrN2O3S/c1-7-5-21-12-11(7)16-6-17-13(12)20-10-3-2-8(15)4-9(10)14(18)19/h2-6H,1H3,(H,18,19). The summed E-state index contributed by atoms with van der Waals surface area (Å²) in [6, 6.07) is 4.82. The van der Waals surface area contributed by atoms with Crippen molar-refractivity contribution in [2.24, 2.45) is 0 Å². The summed E-state index contributed by atoms with van der Waals surface area (Å²) >= 11 is 4.72. The van der Waals surface area contributed by atoms with Crippen molar-refractivity contribution >= 4 is 43.5 Å². The molecule has 0 amide bonds. The summed E-state index contributed by atoms with van der Waals surface area (Å²) in [6.07, 6.45) is 1.41. The van der Waals surface area contributed by atoms with E-state index in [4.69, 9.17) is 4.74 Å². The Bertz CT molecular complexity index is 847. The molecule has 0 spiro atoms. The summed E-state index contributed by atoms with van der Waals surface area (Å²) in [6.45, 7) is 1.96. The van der Waals surface area contributed by atoms with E-state index >= 15 is 0 Å². The van der Waals surface area contributed by atoms with Gasteiger partial charge in [0.1, 0.15) is 22.3 Å². The van der Waals surface area contributed by atoms with E-state index < -0.39 is 5.97 Å². The normalized spacial score (nSPS) is 10.8. The molecule has 0 aliphatic carbocycles. The fourth-order valence-corrected chi connectivity index (χ4v) is 3.17. The van der Waals surface area contributed by atoms with Gasteiger partial charge in [-0.1, -0.05) is 15.9 Å². The monoisotopic (exact) mass is 364 g/mol. The summed E-state index contributed by atoms with van der Waals surface area (Å²) in [7, 11) is 0. The highest BCUT2D eigenvalue weighted by molar-refractivity contribution is 9.10. The molecule has 3 aromatic rings. The van der Waals surface area contributed by atoms with Crippen molar-refractivity contribution in [3.63, 3.8) is 0 Å². The lowest BCUT2D eigenvalue weighted by atomic mass is 10.2. The number of hydrogen-bond donors (Lipinski definition) is 1. The first-order valence-corrected chi connectivity index (χ1v) is 7.63. The molecule has 21 heavy (non-hydrogen) atoms. The molecule has 0 saturated heterocycles. The fraction of sp³-hybridized carbons (Fsp3) is 0.0714. The van der Waals surface area contributed by atoms with Gasteiger partial charge in [0.2, 0.25) is 5.88 Å². The maximum Gasteiger partial charge on any atom is 0.339 e. The van der Waals surface area contributed by atoms with E-state index in [0.29, 0.717) is 10.4 Å². The second kappa shape index (κ2) is 5.42. The molecule has 7 heteroatoms. The average molecular weight is 365 g/mol. The first-order chi connectivity index (χ1) is 10.1. The van der Waals surface area contributed by atoms with Crippen LogP contribution >= 0.6 is 27.3 Å². The van der Waals surface area contributed by atoms with E-state index in [0.717, 1.165) is 15.8 Å². The van der Waals surface area contributed by atoms with Gasteiger partial charge >= 0.3 is 5.97 Å². The Kier molecular flexibility index (Phi) is 3.60. The molecular weight excluding hydrogens is 356 g/mol. The van der Waals surface area contributed by atoms with Crippen LogP contribution in [0.5, 0.6) is 11.6 Å².